The highest BCUT2D eigenvalue weighted by Gasteiger charge is 2.13. The lowest BCUT2D eigenvalue weighted by Crippen LogP contribution is -1.98. The van der Waals surface area contributed by atoms with E-state index in [2.05, 4.69) is 10.1 Å². The van der Waals surface area contributed by atoms with Gasteiger partial charge in [0, 0.05) is 30.6 Å². The highest BCUT2D eigenvalue weighted by molar-refractivity contribution is 5.94. The molecule has 0 spiro atoms. The molecule has 2 N–H and O–H groups in total. The molecule has 0 aliphatic heterocycles. The van der Waals surface area contributed by atoms with Gasteiger partial charge in [0.1, 0.15) is 5.69 Å². The van der Waals surface area contributed by atoms with Crippen molar-refractivity contribution in [2.24, 2.45) is 7.05 Å². The maximum atomic E-state index is 10.8. The number of aryl methyl sites for hydroxylation is 1. The van der Waals surface area contributed by atoms with E-state index in [0.717, 1.165) is 5.56 Å². The van der Waals surface area contributed by atoms with Crippen LogP contribution in [0.25, 0.3) is 11.1 Å². The van der Waals surface area contributed by atoms with Gasteiger partial charge in [0.2, 0.25) is 0 Å². The van der Waals surface area contributed by atoms with E-state index in [1.54, 1.807) is 36.4 Å². The average molecular weight is 191 g/mol. The fourth-order valence-electron chi connectivity index (χ4n) is 1.35. The van der Waals surface area contributed by atoms with Crippen molar-refractivity contribution in [3.63, 3.8) is 0 Å². The summed E-state index contributed by atoms with van der Waals surface area (Å²) in [6.45, 7) is 0. The number of nitrogens with zero attached hydrogens (tertiary/aromatic N) is 2. The molecular weight excluding hydrogens is 182 g/mol. The van der Waals surface area contributed by atoms with Gasteiger partial charge in [0.25, 0.3) is 0 Å². The van der Waals surface area contributed by atoms with Crippen LogP contribution in [-0.4, -0.2) is 25.8 Å². The number of aromatic carboxylic acids is 1. The summed E-state index contributed by atoms with van der Waals surface area (Å²) in [5.74, 6) is -0.964. The van der Waals surface area contributed by atoms with Crippen molar-refractivity contribution in [3.05, 3.63) is 30.4 Å². The highest BCUT2D eigenvalue weighted by atomic mass is 16.4. The molecule has 2 heterocycles. The van der Waals surface area contributed by atoms with E-state index in [1.165, 1.54) is 0 Å². The molecule has 0 aromatic carbocycles. The number of nitrogens with one attached hydrogen (secondary N) is 1. The minimum Gasteiger partial charge on any atom is -0.477 e. The summed E-state index contributed by atoms with van der Waals surface area (Å²) in [5, 5.41) is 12.8. The van der Waals surface area contributed by atoms with Crippen LogP contribution in [0.15, 0.2) is 24.7 Å². The average Bonchev–Trinajstić information content (AvgIpc) is 2.70. The summed E-state index contributed by atoms with van der Waals surface area (Å²) in [5.41, 5.74) is 1.65. The lowest BCUT2D eigenvalue weighted by atomic mass is 10.1. The van der Waals surface area contributed by atoms with Crippen molar-refractivity contribution in [1.82, 2.24) is 14.8 Å². The van der Waals surface area contributed by atoms with E-state index in [4.69, 9.17) is 5.11 Å². The summed E-state index contributed by atoms with van der Waals surface area (Å²) in [6.07, 6.45) is 5.01. The van der Waals surface area contributed by atoms with Gasteiger partial charge in [-0.1, -0.05) is 0 Å². The summed E-state index contributed by atoms with van der Waals surface area (Å²) in [7, 11) is 1.79. The van der Waals surface area contributed by atoms with E-state index in [1.807, 2.05) is 0 Å². The number of rotatable bonds is 2. The van der Waals surface area contributed by atoms with E-state index in [9.17, 15) is 4.79 Å². The van der Waals surface area contributed by atoms with Crippen molar-refractivity contribution in [3.8, 4) is 11.1 Å². The van der Waals surface area contributed by atoms with Crippen LogP contribution in [-0.2, 0) is 7.05 Å². The summed E-state index contributed by atoms with van der Waals surface area (Å²) in [6, 6.07) is 1.72. The molecule has 0 saturated carbocycles. The molecule has 0 bridgehead atoms. The van der Waals surface area contributed by atoms with Crippen LogP contribution < -0.4 is 0 Å². The molecule has 72 valence electrons. The van der Waals surface area contributed by atoms with Crippen LogP contribution in [0.4, 0.5) is 0 Å². The fourth-order valence-corrected chi connectivity index (χ4v) is 1.35. The third kappa shape index (κ3) is 1.28. The molecule has 2 aromatic heterocycles. The number of hydrogen-bond donors (Lipinski definition) is 2. The zero-order chi connectivity index (χ0) is 10.1. The Kier molecular flexibility index (Phi) is 1.85. The van der Waals surface area contributed by atoms with Crippen molar-refractivity contribution < 1.29 is 9.90 Å². The third-order valence-corrected chi connectivity index (χ3v) is 1.98. The zero-order valence-corrected chi connectivity index (χ0v) is 7.56. The van der Waals surface area contributed by atoms with Gasteiger partial charge in [0.15, 0.2) is 0 Å². The minimum atomic E-state index is -0.964. The Morgan fingerprint density at radius 1 is 1.64 bits per heavy atom. The van der Waals surface area contributed by atoms with E-state index in [0.29, 0.717) is 5.56 Å². The Morgan fingerprint density at radius 3 is 3.00 bits per heavy atom. The van der Waals surface area contributed by atoms with Crippen LogP contribution in [0.3, 0.4) is 0 Å². The Morgan fingerprint density at radius 2 is 2.43 bits per heavy atom. The zero-order valence-electron chi connectivity index (χ0n) is 7.56. The van der Waals surface area contributed by atoms with Crippen molar-refractivity contribution in [1.29, 1.82) is 0 Å². The van der Waals surface area contributed by atoms with Gasteiger partial charge in [-0.3, -0.25) is 4.68 Å². The van der Waals surface area contributed by atoms with Crippen molar-refractivity contribution >= 4 is 5.97 Å². The predicted octanol–water partition coefficient (Wildman–Crippen LogP) is 1.11. The predicted molar refractivity (Wildman–Crippen MR) is 50.0 cm³/mol. The number of hydrogen-bond acceptors (Lipinski definition) is 2. The molecule has 0 radical (unpaired) electrons. The standard InChI is InChI=1S/C9H9N3O2/c1-12-5-6(4-11-12)7-2-3-10-8(7)9(13)14/h2-5,10H,1H3,(H,13,14). The van der Waals surface area contributed by atoms with E-state index >= 15 is 0 Å². The first-order valence-corrected chi connectivity index (χ1v) is 4.08. The number of carbonyl (C=O) groups is 1. The molecule has 0 amide bonds. The molecule has 0 saturated heterocycles. The second-order valence-electron chi connectivity index (χ2n) is 2.97. The second-order valence-corrected chi connectivity index (χ2v) is 2.97. The summed E-state index contributed by atoms with van der Waals surface area (Å²) in [4.78, 5) is 13.5. The summed E-state index contributed by atoms with van der Waals surface area (Å²) >= 11 is 0. The SMILES string of the molecule is Cn1cc(-c2cc[nH]c2C(=O)O)cn1. The topological polar surface area (TPSA) is 70.9 Å². The number of aromatic nitrogens is 3. The van der Waals surface area contributed by atoms with Gasteiger partial charge >= 0.3 is 5.97 Å². The lowest BCUT2D eigenvalue weighted by molar-refractivity contribution is 0.0692. The normalized spacial score (nSPS) is 10.4. The number of aromatic amines is 1. The van der Waals surface area contributed by atoms with Gasteiger partial charge in [-0.25, -0.2) is 4.79 Å². The molecular formula is C9H9N3O2. The molecule has 14 heavy (non-hydrogen) atoms. The van der Waals surface area contributed by atoms with Gasteiger partial charge in [-0.2, -0.15) is 5.10 Å². The Balaban J connectivity index is 2.51. The maximum absolute atomic E-state index is 10.8. The molecule has 0 fully saturated rings. The Bertz CT molecular complexity index is 470. The largest absolute Gasteiger partial charge is 0.477 e. The monoisotopic (exact) mass is 191 g/mol. The van der Waals surface area contributed by atoms with Crippen molar-refractivity contribution in [2.75, 3.05) is 0 Å². The molecule has 5 nitrogen and oxygen atoms in total. The van der Waals surface area contributed by atoms with E-state index in [-0.39, 0.29) is 5.69 Å². The van der Waals surface area contributed by atoms with Gasteiger partial charge in [-0.05, 0) is 6.07 Å². The molecule has 0 aliphatic rings. The number of carboxylic acid groups (broad SMARTS) is 1. The third-order valence-electron chi connectivity index (χ3n) is 1.98. The van der Waals surface area contributed by atoms with Crippen LogP contribution in [0.2, 0.25) is 0 Å². The van der Waals surface area contributed by atoms with Gasteiger partial charge in [0.05, 0.1) is 6.20 Å². The van der Waals surface area contributed by atoms with Gasteiger partial charge in [-0.15, -0.1) is 0 Å². The fraction of sp³-hybridized carbons (Fsp3) is 0.111. The highest BCUT2D eigenvalue weighted by Crippen LogP contribution is 2.21. The van der Waals surface area contributed by atoms with E-state index < -0.39 is 5.97 Å². The summed E-state index contributed by atoms with van der Waals surface area (Å²) < 4.78 is 1.63. The van der Waals surface area contributed by atoms with Gasteiger partial charge < -0.3 is 10.1 Å². The number of carboxylic acids is 1. The van der Waals surface area contributed by atoms with Crippen LogP contribution >= 0.6 is 0 Å². The van der Waals surface area contributed by atoms with Crippen molar-refractivity contribution in [2.45, 2.75) is 0 Å². The van der Waals surface area contributed by atoms with Crippen LogP contribution in [0.5, 0.6) is 0 Å². The first kappa shape index (κ1) is 8.55. The lowest BCUT2D eigenvalue weighted by Gasteiger charge is -1.94. The second kappa shape index (κ2) is 3.02. The molecule has 2 aromatic rings. The van der Waals surface area contributed by atoms with Crippen LogP contribution in [0, 0.1) is 0 Å². The molecule has 0 unspecified atom stereocenters. The molecule has 0 aliphatic carbocycles. The minimum absolute atomic E-state index is 0.193. The number of H-pyrrole nitrogens is 1. The Labute approximate surface area is 80.0 Å². The quantitative estimate of drug-likeness (QED) is 0.747. The Hall–Kier alpha value is -2.04. The smallest absolute Gasteiger partial charge is 0.352 e. The maximum Gasteiger partial charge on any atom is 0.352 e. The molecule has 2 rings (SSSR count). The van der Waals surface area contributed by atoms with Crippen LogP contribution in [0.1, 0.15) is 10.5 Å². The first-order chi connectivity index (χ1) is 6.68. The first-order valence-electron chi connectivity index (χ1n) is 4.08. The molecule has 5 heteroatoms. The molecule has 0 atom stereocenters.